The fraction of sp³-hybridized carbons (Fsp3) is 0.500. The molecule has 0 unspecified atom stereocenters. The Morgan fingerprint density at radius 3 is 1.91 bits per heavy atom. The van der Waals surface area contributed by atoms with Crippen LogP contribution in [0.25, 0.3) is 0 Å². The molecular weight excluding hydrogens is 160 g/mol. The maximum absolute atomic E-state index is 11.1. The summed E-state index contributed by atoms with van der Waals surface area (Å²) in [4.78, 5) is 0. The Kier molecular flexibility index (Phi) is 1.42. The molecule has 0 aromatic carbocycles. The summed E-state index contributed by atoms with van der Waals surface area (Å²) in [5, 5.41) is 0. The highest BCUT2D eigenvalue weighted by Crippen LogP contribution is 2.28. The van der Waals surface area contributed by atoms with Crippen LogP contribution in [0.5, 0.6) is 0 Å². The summed E-state index contributed by atoms with van der Waals surface area (Å²) in [6.45, 7) is 0. The van der Waals surface area contributed by atoms with Crippen LogP contribution in [0.15, 0.2) is 23.3 Å². The summed E-state index contributed by atoms with van der Waals surface area (Å²) >= 11 is 0. The molecule has 2 aliphatic rings. The average molecular weight is 170 g/mol. The second-order valence-corrected chi connectivity index (χ2v) is 5.13. The van der Waals surface area contributed by atoms with Gasteiger partial charge in [-0.1, -0.05) is 12.2 Å². The highest BCUT2D eigenvalue weighted by Gasteiger charge is 2.27. The predicted molar refractivity (Wildman–Crippen MR) is 44.1 cm³/mol. The minimum absolute atomic E-state index is 0.277. The molecule has 0 atom stereocenters. The van der Waals surface area contributed by atoms with Crippen molar-refractivity contribution in [1.82, 2.24) is 0 Å². The summed E-state index contributed by atoms with van der Waals surface area (Å²) < 4.78 is 22.2. The van der Waals surface area contributed by atoms with Gasteiger partial charge in [0.1, 0.15) is 0 Å². The molecule has 1 aliphatic heterocycles. The molecule has 0 amide bonds. The Bertz CT molecular complexity index is 305. The minimum atomic E-state index is -2.77. The summed E-state index contributed by atoms with van der Waals surface area (Å²) in [7, 11) is -2.77. The number of allylic oxidation sites excluding steroid dienone is 2. The van der Waals surface area contributed by atoms with Gasteiger partial charge in [0.05, 0.1) is 11.5 Å². The van der Waals surface area contributed by atoms with Gasteiger partial charge in [-0.2, -0.15) is 0 Å². The summed E-state index contributed by atoms with van der Waals surface area (Å²) in [6, 6.07) is 0. The molecule has 0 radical (unpaired) electrons. The van der Waals surface area contributed by atoms with Crippen molar-refractivity contribution in [2.75, 3.05) is 11.5 Å². The van der Waals surface area contributed by atoms with E-state index in [9.17, 15) is 8.42 Å². The summed E-state index contributed by atoms with van der Waals surface area (Å²) in [5.74, 6) is 0.553. The predicted octanol–water partition coefficient (Wildman–Crippen LogP) is 1.06. The van der Waals surface area contributed by atoms with Gasteiger partial charge >= 0.3 is 0 Å². The van der Waals surface area contributed by atoms with Crippen molar-refractivity contribution in [1.29, 1.82) is 0 Å². The lowest BCUT2D eigenvalue weighted by Crippen LogP contribution is -1.99. The van der Waals surface area contributed by atoms with E-state index in [1.807, 2.05) is 0 Å². The van der Waals surface area contributed by atoms with Crippen LogP contribution in [-0.4, -0.2) is 19.9 Å². The topological polar surface area (TPSA) is 34.1 Å². The largest absolute Gasteiger partial charge is 0.228 e. The normalized spacial score (nSPS) is 27.3. The van der Waals surface area contributed by atoms with Crippen molar-refractivity contribution in [2.45, 2.75) is 12.8 Å². The zero-order chi connectivity index (χ0) is 7.90. The zero-order valence-corrected chi connectivity index (χ0v) is 7.02. The quantitative estimate of drug-likeness (QED) is 0.544. The molecular formula is C8H10O2S. The molecule has 1 heterocycles. The number of fused-ring (bicyclic) bond motifs is 1. The second-order valence-electron chi connectivity index (χ2n) is 3.07. The molecule has 0 bridgehead atoms. The van der Waals surface area contributed by atoms with Crippen molar-refractivity contribution in [3.63, 3.8) is 0 Å². The number of hydrogen-bond acceptors (Lipinski definition) is 2. The average Bonchev–Trinajstić information content (AvgIpc) is 2.21. The first-order valence-electron chi connectivity index (χ1n) is 3.76. The Labute approximate surface area is 66.5 Å². The standard InChI is InChI=1S/C8H10O2S/c9-11(10)5-7-3-1-2-4-8(7)6-11/h3-4H,1-2,5-6H2. The summed E-state index contributed by atoms with van der Waals surface area (Å²) in [5.41, 5.74) is 2.10. The van der Waals surface area contributed by atoms with Gasteiger partial charge < -0.3 is 0 Å². The van der Waals surface area contributed by atoms with Gasteiger partial charge in [-0.15, -0.1) is 0 Å². The lowest BCUT2D eigenvalue weighted by atomic mass is 10.0. The molecule has 1 saturated heterocycles. The highest BCUT2D eigenvalue weighted by molar-refractivity contribution is 7.92. The SMILES string of the molecule is O=S1(=O)CC2=CCCC=C2C1. The van der Waals surface area contributed by atoms with Gasteiger partial charge in [-0.05, 0) is 24.0 Å². The first-order chi connectivity index (χ1) is 5.17. The van der Waals surface area contributed by atoms with Crippen LogP contribution in [0.1, 0.15) is 12.8 Å². The smallest absolute Gasteiger partial charge is 0.158 e. The van der Waals surface area contributed by atoms with Crippen molar-refractivity contribution < 1.29 is 8.42 Å². The van der Waals surface area contributed by atoms with Gasteiger partial charge in [0, 0.05) is 0 Å². The van der Waals surface area contributed by atoms with E-state index in [0.29, 0.717) is 0 Å². The lowest BCUT2D eigenvalue weighted by molar-refractivity contribution is 0.603. The molecule has 0 N–H and O–H groups in total. The maximum Gasteiger partial charge on any atom is 0.158 e. The molecule has 1 fully saturated rings. The second kappa shape index (κ2) is 2.21. The number of rotatable bonds is 0. The zero-order valence-electron chi connectivity index (χ0n) is 6.21. The third-order valence-corrected chi connectivity index (χ3v) is 3.61. The van der Waals surface area contributed by atoms with Gasteiger partial charge in [-0.3, -0.25) is 0 Å². The van der Waals surface area contributed by atoms with Crippen molar-refractivity contribution in [3.05, 3.63) is 23.3 Å². The lowest BCUT2D eigenvalue weighted by Gasteiger charge is -2.03. The van der Waals surface area contributed by atoms with Crippen LogP contribution < -0.4 is 0 Å². The molecule has 1 aliphatic carbocycles. The monoisotopic (exact) mass is 170 g/mol. The first kappa shape index (κ1) is 7.10. The molecule has 0 spiro atoms. The number of hydrogen-bond donors (Lipinski definition) is 0. The van der Waals surface area contributed by atoms with E-state index in [1.165, 1.54) is 0 Å². The summed E-state index contributed by atoms with van der Waals surface area (Å²) in [6.07, 6.45) is 6.13. The molecule has 60 valence electrons. The molecule has 11 heavy (non-hydrogen) atoms. The minimum Gasteiger partial charge on any atom is -0.228 e. The van der Waals surface area contributed by atoms with Gasteiger partial charge in [0.25, 0.3) is 0 Å². The van der Waals surface area contributed by atoms with E-state index in [-0.39, 0.29) is 11.5 Å². The molecule has 0 aromatic heterocycles. The van der Waals surface area contributed by atoms with E-state index in [4.69, 9.17) is 0 Å². The van der Waals surface area contributed by atoms with E-state index < -0.39 is 9.84 Å². The van der Waals surface area contributed by atoms with Crippen LogP contribution in [0, 0.1) is 0 Å². The van der Waals surface area contributed by atoms with Crippen molar-refractivity contribution in [2.24, 2.45) is 0 Å². The van der Waals surface area contributed by atoms with Crippen molar-refractivity contribution >= 4 is 9.84 Å². The van der Waals surface area contributed by atoms with Crippen LogP contribution in [0.3, 0.4) is 0 Å². The van der Waals surface area contributed by atoms with Crippen molar-refractivity contribution in [3.8, 4) is 0 Å². The van der Waals surface area contributed by atoms with Gasteiger partial charge in [0.2, 0.25) is 0 Å². The van der Waals surface area contributed by atoms with Crippen LogP contribution in [0.2, 0.25) is 0 Å². The first-order valence-corrected chi connectivity index (χ1v) is 5.58. The Balaban J connectivity index is 2.44. The fourth-order valence-electron chi connectivity index (χ4n) is 1.61. The van der Waals surface area contributed by atoms with Crippen LogP contribution in [-0.2, 0) is 9.84 Å². The Hall–Kier alpha value is -0.570. The van der Waals surface area contributed by atoms with Gasteiger partial charge in [0.15, 0.2) is 9.84 Å². The molecule has 3 heteroatoms. The fourth-order valence-corrected chi connectivity index (χ4v) is 3.26. The molecule has 2 rings (SSSR count). The Morgan fingerprint density at radius 1 is 1.00 bits per heavy atom. The van der Waals surface area contributed by atoms with E-state index in [0.717, 1.165) is 24.0 Å². The molecule has 0 saturated carbocycles. The number of sulfone groups is 1. The van der Waals surface area contributed by atoms with E-state index in [1.54, 1.807) is 0 Å². The Morgan fingerprint density at radius 2 is 1.45 bits per heavy atom. The molecule has 0 aromatic rings. The maximum atomic E-state index is 11.1. The van der Waals surface area contributed by atoms with Gasteiger partial charge in [-0.25, -0.2) is 8.42 Å². The molecule has 2 nitrogen and oxygen atoms in total. The highest BCUT2D eigenvalue weighted by atomic mass is 32.2. The van der Waals surface area contributed by atoms with Crippen LogP contribution >= 0.6 is 0 Å². The third-order valence-electron chi connectivity index (χ3n) is 2.11. The van der Waals surface area contributed by atoms with Crippen LogP contribution in [0.4, 0.5) is 0 Å². The van der Waals surface area contributed by atoms with E-state index in [2.05, 4.69) is 12.2 Å². The van der Waals surface area contributed by atoms with E-state index >= 15 is 0 Å². The third kappa shape index (κ3) is 1.25.